The zero-order valence-corrected chi connectivity index (χ0v) is 11.4. The minimum Gasteiger partial charge on any atom is -0.492 e. The predicted molar refractivity (Wildman–Crippen MR) is 71.4 cm³/mol. The molecule has 0 fully saturated rings. The van der Waals surface area contributed by atoms with E-state index in [0.29, 0.717) is 22.4 Å². The molecule has 2 rings (SSSR count). The van der Waals surface area contributed by atoms with Gasteiger partial charge in [-0.15, -0.1) is 0 Å². The van der Waals surface area contributed by atoms with Crippen LogP contribution < -0.4 is 15.4 Å². The van der Waals surface area contributed by atoms with Gasteiger partial charge < -0.3 is 15.4 Å². The highest BCUT2D eigenvalue weighted by Gasteiger charge is 2.24. The van der Waals surface area contributed by atoms with E-state index in [0.717, 1.165) is 12.0 Å². The van der Waals surface area contributed by atoms with Crippen molar-refractivity contribution in [1.82, 2.24) is 10.6 Å². The van der Waals surface area contributed by atoms with Crippen molar-refractivity contribution in [3.8, 4) is 5.75 Å². The molecule has 0 aliphatic carbocycles. The lowest BCUT2D eigenvalue weighted by molar-refractivity contribution is -0.119. The molecule has 1 aliphatic rings. The molecule has 0 spiro atoms. The fourth-order valence-electron chi connectivity index (χ4n) is 1.94. The van der Waals surface area contributed by atoms with Gasteiger partial charge in [0.05, 0.1) is 18.2 Å². The molecule has 1 heterocycles. The van der Waals surface area contributed by atoms with Gasteiger partial charge in [0.25, 0.3) is 0 Å². The van der Waals surface area contributed by atoms with E-state index in [9.17, 15) is 4.79 Å². The van der Waals surface area contributed by atoms with Gasteiger partial charge in [0.2, 0.25) is 5.91 Å². The molecule has 1 aromatic carbocycles. The molecule has 0 radical (unpaired) electrons. The molecule has 4 nitrogen and oxygen atoms in total. The van der Waals surface area contributed by atoms with Crippen molar-refractivity contribution in [1.29, 1.82) is 0 Å². The number of hydrogen-bond donors (Lipinski definition) is 2. The van der Waals surface area contributed by atoms with Crippen molar-refractivity contribution < 1.29 is 9.53 Å². The maximum Gasteiger partial charge on any atom is 0.233 e. The maximum absolute atomic E-state index is 11.2. The second-order valence-corrected chi connectivity index (χ2v) is 4.89. The third-order valence-electron chi connectivity index (χ3n) is 2.85. The maximum atomic E-state index is 11.2. The Morgan fingerprint density at radius 2 is 2.28 bits per heavy atom. The molecule has 1 aliphatic heterocycles. The summed E-state index contributed by atoms with van der Waals surface area (Å²) in [5.41, 5.74) is 0.905. The van der Waals surface area contributed by atoms with Gasteiger partial charge in [0, 0.05) is 30.1 Å². The molecule has 1 unspecified atom stereocenters. The SMILES string of the molecule is CNC(=O)CNC1CCOc2c(Cl)cc(Cl)cc21. The van der Waals surface area contributed by atoms with Crippen LogP contribution in [0.15, 0.2) is 12.1 Å². The highest BCUT2D eigenvalue weighted by Crippen LogP contribution is 2.39. The number of ether oxygens (including phenoxy) is 1. The molecule has 18 heavy (non-hydrogen) atoms. The number of fused-ring (bicyclic) bond motifs is 1. The number of amides is 1. The molecule has 0 aromatic heterocycles. The lowest BCUT2D eigenvalue weighted by Gasteiger charge is -2.27. The predicted octanol–water partition coefficient (Wildman–Crippen LogP) is 2.15. The number of benzene rings is 1. The summed E-state index contributed by atoms with van der Waals surface area (Å²) in [6.07, 6.45) is 0.778. The number of halogens is 2. The normalized spacial score (nSPS) is 17.8. The summed E-state index contributed by atoms with van der Waals surface area (Å²) in [5, 5.41) is 6.81. The molecule has 2 N–H and O–H groups in total. The Hall–Kier alpha value is -0.970. The second kappa shape index (κ2) is 5.78. The third kappa shape index (κ3) is 2.88. The molecule has 1 atom stereocenters. The van der Waals surface area contributed by atoms with Crippen molar-refractivity contribution in [2.24, 2.45) is 0 Å². The quantitative estimate of drug-likeness (QED) is 0.896. The number of carbonyl (C=O) groups excluding carboxylic acids is 1. The molecule has 0 saturated carbocycles. The lowest BCUT2D eigenvalue weighted by Crippen LogP contribution is -2.35. The fourth-order valence-corrected chi connectivity index (χ4v) is 2.51. The van der Waals surface area contributed by atoms with Gasteiger partial charge in [0.1, 0.15) is 5.75 Å². The van der Waals surface area contributed by atoms with Crippen molar-refractivity contribution in [2.75, 3.05) is 20.2 Å². The minimum absolute atomic E-state index is 0.0299. The van der Waals surface area contributed by atoms with E-state index in [1.807, 2.05) is 6.07 Å². The lowest BCUT2D eigenvalue weighted by atomic mass is 10.0. The van der Waals surface area contributed by atoms with Gasteiger partial charge in [-0.3, -0.25) is 4.79 Å². The summed E-state index contributed by atoms with van der Waals surface area (Å²) >= 11 is 12.1. The Morgan fingerprint density at radius 1 is 1.50 bits per heavy atom. The van der Waals surface area contributed by atoms with E-state index in [1.165, 1.54) is 0 Å². The van der Waals surface area contributed by atoms with E-state index in [2.05, 4.69) is 10.6 Å². The minimum atomic E-state index is -0.0591. The van der Waals surface area contributed by atoms with Crippen LogP contribution in [0.3, 0.4) is 0 Å². The summed E-state index contributed by atoms with van der Waals surface area (Å²) in [6.45, 7) is 0.824. The van der Waals surface area contributed by atoms with Crippen LogP contribution in [0.1, 0.15) is 18.0 Å². The van der Waals surface area contributed by atoms with Gasteiger partial charge in [-0.25, -0.2) is 0 Å². The number of nitrogens with one attached hydrogen (secondary N) is 2. The van der Waals surface area contributed by atoms with Gasteiger partial charge in [-0.2, -0.15) is 0 Å². The summed E-state index contributed by atoms with van der Waals surface area (Å²) < 4.78 is 5.54. The molecule has 1 aromatic rings. The summed E-state index contributed by atoms with van der Waals surface area (Å²) in [4.78, 5) is 11.2. The Morgan fingerprint density at radius 3 is 3.00 bits per heavy atom. The van der Waals surface area contributed by atoms with Crippen LogP contribution in [0, 0.1) is 0 Å². The van der Waals surface area contributed by atoms with Gasteiger partial charge in [-0.1, -0.05) is 23.2 Å². The van der Waals surface area contributed by atoms with Crippen LogP contribution in [-0.4, -0.2) is 26.1 Å². The van der Waals surface area contributed by atoms with Crippen LogP contribution in [0.25, 0.3) is 0 Å². The monoisotopic (exact) mass is 288 g/mol. The third-order valence-corrected chi connectivity index (χ3v) is 3.35. The molecule has 0 saturated heterocycles. The standard InChI is InChI=1S/C12H14Cl2N2O2/c1-15-11(17)6-16-10-2-3-18-12-8(10)4-7(13)5-9(12)14/h4-5,10,16H,2-3,6H2,1H3,(H,15,17). The number of rotatable bonds is 3. The molecular formula is C12H14Cl2N2O2. The molecule has 6 heteroatoms. The van der Waals surface area contributed by atoms with E-state index in [4.69, 9.17) is 27.9 Å². The average Bonchev–Trinajstić information content (AvgIpc) is 2.36. The Balaban J connectivity index is 2.19. The van der Waals surface area contributed by atoms with Crippen LogP contribution in [0.5, 0.6) is 5.75 Å². The van der Waals surface area contributed by atoms with E-state index in [1.54, 1.807) is 13.1 Å². The number of likely N-dealkylation sites (N-methyl/N-ethyl adjacent to an activating group) is 1. The van der Waals surface area contributed by atoms with Crippen molar-refractivity contribution in [3.05, 3.63) is 27.7 Å². The largest absolute Gasteiger partial charge is 0.492 e. The van der Waals surface area contributed by atoms with Gasteiger partial charge in [-0.05, 0) is 12.1 Å². The smallest absolute Gasteiger partial charge is 0.233 e. The first-order valence-electron chi connectivity index (χ1n) is 5.67. The van der Waals surface area contributed by atoms with Gasteiger partial charge >= 0.3 is 0 Å². The zero-order valence-electron chi connectivity index (χ0n) is 9.93. The number of hydrogen-bond acceptors (Lipinski definition) is 3. The van der Waals surface area contributed by atoms with Crippen LogP contribution in [-0.2, 0) is 4.79 Å². The van der Waals surface area contributed by atoms with Crippen molar-refractivity contribution in [3.63, 3.8) is 0 Å². The van der Waals surface area contributed by atoms with Crippen LogP contribution in [0.4, 0.5) is 0 Å². The van der Waals surface area contributed by atoms with E-state index in [-0.39, 0.29) is 18.5 Å². The molecule has 0 bridgehead atoms. The molecule has 98 valence electrons. The number of carbonyl (C=O) groups is 1. The van der Waals surface area contributed by atoms with Crippen LogP contribution in [0.2, 0.25) is 10.0 Å². The van der Waals surface area contributed by atoms with Crippen molar-refractivity contribution in [2.45, 2.75) is 12.5 Å². The zero-order chi connectivity index (χ0) is 13.1. The second-order valence-electron chi connectivity index (χ2n) is 4.05. The average molecular weight is 289 g/mol. The van der Waals surface area contributed by atoms with E-state index >= 15 is 0 Å². The fraction of sp³-hybridized carbons (Fsp3) is 0.417. The first kappa shape index (κ1) is 13.5. The first-order valence-corrected chi connectivity index (χ1v) is 6.43. The summed E-state index contributed by atoms with van der Waals surface area (Å²) in [5.74, 6) is 0.595. The van der Waals surface area contributed by atoms with E-state index < -0.39 is 0 Å². The topological polar surface area (TPSA) is 50.4 Å². The highest BCUT2D eigenvalue weighted by atomic mass is 35.5. The van der Waals surface area contributed by atoms with Gasteiger partial charge in [0.15, 0.2) is 0 Å². The Bertz CT molecular complexity index is 466. The Kier molecular flexibility index (Phi) is 4.32. The Labute approximate surface area is 116 Å². The molecule has 1 amide bonds. The van der Waals surface area contributed by atoms with Crippen molar-refractivity contribution >= 4 is 29.1 Å². The first-order chi connectivity index (χ1) is 8.61. The van der Waals surface area contributed by atoms with Crippen LogP contribution >= 0.6 is 23.2 Å². The summed E-state index contributed by atoms with van der Waals surface area (Å²) in [7, 11) is 1.61. The molecular weight excluding hydrogens is 275 g/mol. The summed E-state index contributed by atoms with van der Waals surface area (Å²) in [6, 6.07) is 3.51. The highest BCUT2D eigenvalue weighted by molar-refractivity contribution is 6.35.